The molecule has 1 aliphatic rings. The number of sulfonamides is 1. The standard InChI is InChI=1S/C19H20N4O5S3/c1-12-16(31(25,26)22-13-4-3-5-14(10-13)29-2)11-15(30-12)17-20-18(28-21-17)19(24)23-6-8-27-9-7-23/h3-5,10-11,22H,6-9H2,1-2H3. The Balaban J connectivity index is 1.56. The molecule has 0 unspecified atom stereocenters. The Hall–Kier alpha value is -2.41. The summed E-state index contributed by atoms with van der Waals surface area (Å²) in [7, 11) is -3.81. The second-order valence-corrected chi connectivity index (χ2v) is 10.5. The normalized spacial score (nSPS) is 14.6. The number of aromatic nitrogens is 2. The summed E-state index contributed by atoms with van der Waals surface area (Å²) in [5, 5.41) is 3.87. The lowest BCUT2D eigenvalue weighted by atomic mass is 10.3. The van der Waals surface area contributed by atoms with Gasteiger partial charge in [-0.15, -0.1) is 23.1 Å². The largest absolute Gasteiger partial charge is 0.378 e. The molecule has 4 rings (SSSR count). The van der Waals surface area contributed by atoms with Crippen molar-refractivity contribution in [1.29, 1.82) is 0 Å². The summed E-state index contributed by atoms with van der Waals surface area (Å²) in [6, 6.07) is 8.66. The van der Waals surface area contributed by atoms with Gasteiger partial charge in [0.2, 0.25) is 5.82 Å². The second-order valence-electron chi connectivity index (χ2n) is 6.70. The van der Waals surface area contributed by atoms with Crippen molar-refractivity contribution in [1.82, 2.24) is 15.0 Å². The van der Waals surface area contributed by atoms with E-state index in [1.807, 2.05) is 12.3 Å². The zero-order valence-corrected chi connectivity index (χ0v) is 19.3. The summed E-state index contributed by atoms with van der Waals surface area (Å²) in [5.41, 5.74) is 0.483. The molecular formula is C19H20N4O5S3. The highest BCUT2D eigenvalue weighted by Gasteiger charge is 2.26. The Morgan fingerprint density at radius 3 is 2.77 bits per heavy atom. The highest BCUT2D eigenvalue weighted by molar-refractivity contribution is 7.98. The van der Waals surface area contributed by atoms with Gasteiger partial charge in [-0.3, -0.25) is 9.52 Å². The molecule has 3 heterocycles. The molecule has 1 amide bonds. The van der Waals surface area contributed by atoms with Crippen LogP contribution in [0, 0.1) is 6.92 Å². The van der Waals surface area contributed by atoms with Crippen LogP contribution in [0.15, 0.2) is 44.6 Å². The Kier molecular flexibility index (Phi) is 6.32. The number of ether oxygens (including phenoxy) is 1. The van der Waals surface area contributed by atoms with E-state index in [1.165, 1.54) is 29.2 Å². The number of hydrogen-bond donors (Lipinski definition) is 1. The third-order valence-corrected chi connectivity index (χ3v) is 8.02. The molecular weight excluding hydrogens is 460 g/mol. The Morgan fingerprint density at radius 2 is 2.03 bits per heavy atom. The van der Waals surface area contributed by atoms with E-state index < -0.39 is 10.0 Å². The van der Waals surface area contributed by atoms with E-state index in [2.05, 4.69) is 14.9 Å². The average Bonchev–Trinajstić information content (AvgIpc) is 3.41. The minimum absolute atomic E-state index is 0.126. The molecule has 1 aliphatic heterocycles. The molecule has 0 radical (unpaired) electrons. The molecule has 1 saturated heterocycles. The van der Waals surface area contributed by atoms with Gasteiger partial charge in [0.15, 0.2) is 0 Å². The predicted molar refractivity (Wildman–Crippen MR) is 118 cm³/mol. The molecule has 1 aromatic carbocycles. The summed E-state index contributed by atoms with van der Waals surface area (Å²) in [6.45, 7) is 3.55. The number of carbonyl (C=O) groups is 1. The minimum atomic E-state index is -3.81. The van der Waals surface area contributed by atoms with Crippen molar-refractivity contribution in [3.05, 3.63) is 41.1 Å². The van der Waals surface area contributed by atoms with Gasteiger partial charge in [0.25, 0.3) is 10.0 Å². The van der Waals surface area contributed by atoms with Crippen molar-refractivity contribution in [3.63, 3.8) is 0 Å². The van der Waals surface area contributed by atoms with Gasteiger partial charge >= 0.3 is 11.8 Å². The van der Waals surface area contributed by atoms with E-state index in [4.69, 9.17) is 9.26 Å². The Morgan fingerprint density at radius 1 is 1.26 bits per heavy atom. The maximum Gasteiger partial charge on any atom is 0.316 e. The molecule has 0 atom stereocenters. The van der Waals surface area contributed by atoms with Gasteiger partial charge in [0, 0.05) is 28.5 Å². The minimum Gasteiger partial charge on any atom is -0.378 e. The van der Waals surface area contributed by atoms with Gasteiger partial charge in [0.05, 0.1) is 18.1 Å². The van der Waals surface area contributed by atoms with Crippen LogP contribution in [-0.2, 0) is 14.8 Å². The molecule has 0 spiro atoms. The number of nitrogens with one attached hydrogen (secondary N) is 1. The zero-order chi connectivity index (χ0) is 22.0. The van der Waals surface area contributed by atoms with Crippen LogP contribution in [0.25, 0.3) is 10.7 Å². The molecule has 164 valence electrons. The van der Waals surface area contributed by atoms with E-state index >= 15 is 0 Å². The zero-order valence-electron chi connectivity index (χ0n) is 16.8. The number of rotatable bonds is 6. The number of thiophene rings is 1. The first-order valence-electron chi connectivity index (χ1n) is 9.36. The van der Waals surface area contributed by atoms with Gasteiger partial charge in [-0.2, -0.15) is 4.98 Å². The maximum atomic E-state index is 12.9. The topological polar surface area (TPSA) is 115 Å². The average molecular weight is 481 g/mol. The summed E-state index contributed by atoms with van der Waals surface area (Å²) in [6.07, 6.45) is 1.92. The number of thioether (sulfide) groups is 1. The van der Waals surface area contributed by atoms with Gasteiger partial charge in [0.1, 0.15) is 4.90 Å². The number of morpholine rings is 1. The second kappa shape index (κ2) is 8.99. The lowest BCUT2D eigenvalue weighted by molar-refractivity contribution is 0.0272. The number of aryl methyl sites for hydroxylation is 1. The fourth-order valence-electron chi connectivity index (χ4n) is 3.05. The van der Waals surface area contributed by atoms with Crippen LogP contribution in [0.1, 0.15) is 15.6 Å². The number of nitrogens with zero attached hydrogens (tertiary/aromatic N) is 3. The van der Waals surface area contributed by atoms with Crippen LogP contribution in [0.3, 0.4) is 0 Å². The smallest absolute Gasteiger partial charge is 0.316 e. The van der Waals surface area contributed by atoms with Gasteiger partial charge in [-0.1, -0.05) is 11.2 Å². The molecule has 9 nitrogen and oxygen atoms in total. The van der Waals surface area contributed by atoms with Crippen molar-refractivity contribution in [2.24, 2.45) is 0 Å². The first-order valence-corrected chi connectivity index (χ1v) is 12.9. The third-order valence-electron chi connectivity index (χ3n) is 4.61. The van der Waals surface area contributed by atoms with E-state index in [0.717, 1.165) is 4.90 Å². The Labute approximate surface area is 187 Å². The predicted octanol–water partition coefficient (Wildman–Crippen LogP) is 3.10. The van der Waals surface area contributed by atoms with Gasteiger partial charge in [-0.05, 0) is 37.4 Å². The fraction of sp³-hybridized carbons (Fsp3) is 0.316. The Bertz CT molecular complexity index is 1200. The van der Waals surface area contributed by atoms with Crippen molar-refractivity contribution in [2.75, 3.05) is 37.3 Å². The molecule has 31 heavy (non-hydrogen) atoms. The van der Waals surface area contributed by atoms with Crippen LogP contribution in [0.2, 0.25) is 0 Å². The van der Waals surface area contributed by atoms with Crippen molar-refractivity contribution < 1.29 is 22.5 Å². The quantitative estimate of drug-likeness (QED) is 0.535. The SMILES string of the molecule is CSc1cccc(NS(=O)(=O)c2cc(-c3noc(C(=O)N4CCOCC4)n3)sc2C)c1. The number of anilines is 1. The highest BCUT2D eigenvalue weighted by Crippen LogP contribution is 2.33. The van der Waals surface area contributed by atoms with Crippen LogP contribution < -0.4 is 4.72 Å². The van der Waals surface area contributed by atoms with Crippen LogP contribution in [-0.4, -0.2) is 61.9 Å². The molecule has 0 aliphatic carbocycles. The lowest BCUT2D eigenvalue weighted by Gasteiger charge is -2.25. The molecule has 3 aromatic rings. The number of amides is 1. The first-order chi connectivity index (χ1) is 14.9. The number of benzene rings is 1. The van der Waals surface area contributed by atoms with Crippen molar-refractivity contribution in [3.8, 4) is 10.7 Å². The van der Waals surface area contributed by atoms with Crippen molar-refractivity contribution in [2.45, 2.75) is 16.7 Å². The molecule has 1 fully saturated rings. The monoisotopic (exact) mass is 480 g/mol. The van der Waals surface area contributed by atoms with Gasteiger partial charge in [-0.25, -0.2) is 8.42 Å². The fourth-order valence-corrected chi connectivity index (χ4v) is 6.08. The highest BCUT2D eigenvalue weighted by atomic mass is 32.2. The molecule has 0 bridgehead atoms. The van der Waals surface area contributed by atoms with Crippen LogP contribution in [0.5, 0.6) is 0 Å². The maximum absolute atomic E-state index is 12.9. The van der Waals surface area contributed by atoms with E-state index in [9.17, 15) is 13.2 Å². The summed E-state index contributed by atoms with van der Waals surface area (Å²) >= 11 is 2.75. The van der Waals surface area contributed by atoms with Crippen LogP contribution >= 0.6 is 23.1 Å². The molecule has 2 aromatic heterocycles. The van der Waals surface area contributed by atoms with Crippen LogP contribution in [0.4, 0.5) is 5.69 Å². The van der Waals surface area contributed by atoms with Gasteiger partial charge < -0.3 is 14.2 Å². The lowest BCUT2D eigenvalue weighted by Crippen LogP contribution is -2.40. The first kappa shape index (κ1) is 21.8. The molecule has 12 heteroatoms. The summed E-state index contributed by atoms with van der Waals surface area (Å²) < 4.78 is 38.9. The van der Waals surface area contributed by atoms with Crippen molar-refractivity contribution >= 4 is 44.7 Å². The van der Waals surface area contributed by atoms with E-state index in [-0.39, 0.29) is 22.5 Å². The number of carbonyl (C=O) groups excluding carboxylic acids is 1. The summed E-state index contributed by atoms with van der Waals surface area (Å²) in [5.74, 6) is -0.312. The third kappa shape index (κ3) is 4.76. The molecule has 1 N–H and O–H groups in total. The molecule has 0 saturated carbocycles. The van der Waals surface area contributed by atoms with E-state index in [0.29, 0.717) is 41.7 Å². The van der Waals surface area contributed by atoms with E-state index in [1.54, 1.807) is 30.0 Å². The summed E-state index contributed by atoms with van der Waals surface area (Å²) in [4.78, 5) is 20.4. The number of hydrogen-bond acceptors (Lipinski definition) is 9.